The molecule has 2 amide bonds. The molecular weight excluding hydrogens is 386 g/mol. The number of nitrogens with one attached hydrogen (secondary N) is 1. The van der Waals surface area contributed by atoms with Crippen LogP contribution in [-0.2, 0) is 20.9 Å². The molecule has 0 atom stereocenters. The Bertz CT molecular complexity index is 989. The second kappa shape index (κ2) is 9.15. The van der Waals surface area contributed by atoms with Crippen molar-refractivity contribution in [2.75, 3.05) is 25.5 Å². The minimum atomic E-state index is -0.251. The standard InChI is InChI=1S/C22H25N3O3S/c1-14-9-15(2)22(16(3)10-14)24-19(26)11-25(4)21(27)13-28-12-20-23-17-7-5-6-8-18(17)29-20/h5-10H,11-13H2,1-4H3,(H,24,26). The number of fused-ring (bicyclic) bond motifs is 1. The molecule has 0 fully saturated rings. The predicted octanol–water partition coefficient (Wildman–Crippen LogP) is 3.84. The summed E-state index contributed by atoms with van der Waals surface area (Å²) in [6.45, 7) is 6.08. The molecule has 1 heterocycles. The van der Waals surface area contributed by atoms with Crippen molar-refractivity contribution in [1.82, 2.24) is 9.88 Å². The first kappa shape index (κ1) is 21.0. The highest BCUT2D eigenvalue weighted by molar-refractivity contribution is 7.18. The van der Waals surface area contributed by atoms with Crippen LogP contribution in [0.1, 0.15) is 21.7 Å². The van der Waals surface area contributed by atoms with Gasteiger partial charge in [-0.05, 0) is 44.0 Å². The summed E-state index contributed by atoms with van der Waals surface area (Å²) in [5.41, 5.74) is 4.88. The predicted molar refractivity (Wildman–Crippen MR) is 116 cm³/mol. The molecule has 3 rings (SSSR count). The lowest BCUT2D eigenvalue weighted by molar-refractivity contribution is -0.137. The zero-order valence-corrected chi connectivity index (χ0v) is 17.9. The molecule has 0 saturated heterocycles. The van der Waals surface area contributed by atoms with Gasteiger partial charge in [-0.15, -0.1) is 11.3 Å². The van der Waals surface area contributed by atoms with E-state index in [1.54, 1.807) is 18.4 Å². The fourth-order valence-corrected chi connectivity index (χ4v) is 4.08. The number of carbonyl (C=O) groups is 2. The lowest BCUT2D eigenvalue weighted by Crippen LogP contribution is -2.37. The number of hydrogen-bond acceptors (Lipinski definition) is 5. The Labute approximate surface area is 174 Å². The monoisotopic (exact) mass is 411 g/mol. The molecule has 1 N–H and O–H groups in total. The second-order valence-corrected chi connectivity index (χ2v) is 8.26. The lowest BCUT2D eigenvalue weighted by atomic mass is 10.1. The van der Waals surface area contributed by atoms with E-state index in [0.29, 0.717) is 0 Å². The number of hydrogen-bond donors (Lipinski definition) is 1. The Balaban J connectivity index is 1.48. The van der Waals surface area contributed by atoms with Crippen molar-refractivity contribution in [3.8, 4) is 0 Å². The van der Waals surface area contributed by atoms with E-state index in [-0.39, 0.29) is 31.6 Å². The van der Waals surface area contributed by atoms with Crippen molar-refractivity contribution in [3.05, 3.63) is 58.1 Å². The molecule has 0 radical (unpaired) electrons. The molecule has 0 saturated carbocycles. The topological polar surface area (TPSA) is 71.5 Å². The van der Waals surface area contributed by atoms with Crippen molar-refractivity contribution in [3.63, 3.8) is 0 Å². The number of rotatable bonds is 7. The first-order valence-corrected chi connectivity index (χ1v) is 10.2. The van der Waals surface area contributed by atoms with Gasteiger partial charge in [0.05, 0.1) is 23.4 Å². The zero-order chi connectivity index (χ0) is 21.0. The number of likely N-dealkylation sites (N-methyl/N-ethyl adjacent to an activating group) is 1. The number of benzene rings is 2. The molecule has 2 aromatic carbocycles. The van der Waals surface area contributed by atoms with Crippen LogP contribution in [0.2, 0.25) is 0 Å². The maximum Gasteiger partial charge on any atom is 0.248 e. The number of anilines is 1. The number of nitrogens with zero attached hydrogens (tertiary/aromatic N) is 2. The average molecular weight is 412 g/mol. The van der Waals surface area contributed by atoms with Gasteiger partial charge >= 0.3 is 0 Å². The Hall–Kier alpha value is -2.77. The van der Waals surface area contributed by atoms with E-state index < -0.39 is 0 Å². The molecule has 6 nitrogen and oxygen atoms in total. The van der Waals surface area contributed by atoms with E-state index in [1.165, 1.54) is 4.90 Å². The third kappa shape index (κ3) is 5.40. The van der Waals surface area contributed by atoms with Gasteiger partial charge in [0.25, 0.3) is 0 Å². The van der Waals surface area contributed by atoms with Gasteiger partial charge in [0, 0.05) is 12.7 Å². The lowest BCUT2D eigenvalue weighted by Gasteiger charge is -2.18. The van der Waals surface area contributed by atoms with Gasteiger partial charge < -0.3 is 15.0 Å². The summed E-state index contributed by atoms with van der Waals surface area (Å²) in [5.74, 6) is -0.485. The van der Waals surface area contributed by atoms with Crippen molar-refractivity contribution in [2.45, 2.75) is 27.4 Å². The van der Waals surface area contributed by atoms with E-state index in [9.17, 15) is 9.59 Å². The first-order chi connectivity index (χ1) is 13.8. The molecule has 0 unspecified atom stereocenters. The van der Waals surface area contributed by atoms with Crippen molar-refractivity contribution >= 4 is 39.1 Å². The van der Waals surface area contributed by atoms with Crippen LogP contribution in [0.4, 0.5) is 5.69 Å². The molecule has 0 aliphatic heterocycles. The van der Waals surface area contributed by atoms with Gasteiger partial charge in [-0.3, -0.25) is 9.59 Å². The van der Waals surface area contributed by atoms with E-state index in [1.807, 2.05) is 57.2 Å². The van der Waals surface area contributed by atoms with Gasteiger partial charge in [0.1, 0.15) is 11.6 Å². The van der Waals surface area contributed by atoms with Gasteiger partial charge in [-0.2, -0.15) is 0 Å². The van der Waals surface area contributed by atoms with Gasteiger partial charge in [-0.25, -0.2) is 4.98 Å². The number of thiazole rings is 1. The zero-order valence-electron chi connectivity index (χ0n) is 17.1. The van der Waals surface area contributed by atoms with Gasteiger partial charge in [0.15, 0.2) is 0 Å². The number of ether oxygens (including phenoxy) is 1. The number of para-hydroxylation sites is 1. The normalized spacial score (nSPS) is 10.9. The van der Waals surface area contributed by atoms with Crippen LogP contribution in [0.3, 0.4) is 0 Å². The fraction of sp³-hybridized carbons (Fsp3) is 0.318. The smallest absolute Gasteiger partial charge is 0.248 e. The van der Waals surface area contributed by atoms with Crippen LogP contribution in [-0.4, -0.2) is 41.9 Å². The summed E-state index contributed by atoms with van der Waals surface area (Å²) in [5, 5.41) is 3.73. The maximum atomic E-state index is 12.4. The molecule has 0 bridgehead atoms. The summed E-state index contributed by atoms with van der Waals surface area (Å²) in [6.07, 6.45) is 0. The fourth-order valence-electron chi connectivity index (χ4n) is 3.18. The Morgan fingerprint density at radius 1 is 1.14 bits per heavy atom. The molecule has 0 aliphatic carbocycles. The summed E-state index contributed by atoms with van der Waals surface area (Å²) in [4.78, 5) is 30.5. The van der Waals surface area contributed by atoms with Crippen LogP contribution in [0.15, 0.2) is 36.4 Å². The largest absolute Gasteiger partial charge is 0.364 e. The van der Waals surface area contributed by atoms with Gasteiger partial charge in [-0.1, -0.05) is 29.8 Å². The van der Waals surface area contributed by atoms with Crippen LogP contribution in [0.25, 0.3) is 10.2 Å². The van der Waals surface area contributed by atoms with Crippen LogP contribution >= 0.6 is 11.3 Å². The molecule has 3 aromatic rings. The highest BCUT2D eigenvalue weighted by atomic mass is 32.1. The van der Waals surface area contributed by atoms with E-state index in [2.05, 4.69) is 10.3 Å². The second-order valence-electron chi connectivity index (χ2n) is 7.14. The third-order valence-electron chi connectivity index (χ3n) is 4.54. The summed E-state index contributed by atoms with van der Waals surface area (Å²) < 4.78 is 6.60. The minimum Gasteiger partial charge on any atom is -0.364 e. The highest BCUT2D eigenvalue weighted by Gasteiger charge is 2.15. The quantitative estimate of drug-likeness (QED) is 0.641. The summed E-state index contributed by atoms with van der Waals surface area (Å²) >= 11 is 1.55. The minimum absolute atomic E-state index is 0.0317. The molecule has 29 heavy (non-hydrogen) atoms. The Kier molecular flexibility index (Phi) is 6.61. The van der Waals surface area contributed by atoms with E-state index >= 15 is 0 Å². The molecule has 152 valence electrons. The molecule has 0 spiro atoms. The average Bonchev–Trinajstić information content (AvgIpc) is 3.07. The van der Waals surface area contributed by atoms with Crippen LogP contribution < -0.4 is 5.32 Å². The number of carbonyl (C=O) groups excluding carboxylic acids is 2. The number of aromatic nitrogens is 1. The third-order valence-corrected chi connectivity index (χ3v) is 5.55. The first-order valence-electron chi connectivity index (χ1n) is 9.37. The maximum absolute atomic E-state index is 12.4. The Morgan fingerprint density at radius 3 is 2.52 bits per heavy atom. The molecule has 0 aliphatic rings. The summed E-state index contributed by atoms with van der Waals surface area (Å²) in [6, 6.07) is 11.9. The summed E-state index contributed by atoms with van der Waals surface area (Å²) in [7, 11) is 1.60. The molecule has 1 aromatic heterocycles. The molecular formula is C22H25N3O3S. The van der Waals surface area contributed by atoms with Crippen molar-refractivity contribution < 1.29 is 14.3 Å². The van der Waals surface area contributed by atoms with E-state index in [0.717, 1.165) is 37.6 Å². The Morgan fingerprint density at radius 2 is 1.83 bits per heavy atom. The highest BCUT2D eigenvalue weighted by Crippen LogP contribution is 2.22. The molecule has 7 heteroatoms. The van der Waals surface area contributed by atoms with E-state index in [4.69, 9.17) is 4.74 Å². The van der Waals surface area contributed by atoms with Crippen molar-refractivity contribution in [2.24, 2.45) is 0 Å². The number of amides is 2. The number of aryl methyl sites for hydroxylation is 3. The van der Waals surface area contributed by atoms with Crippen molar-refractivity contribution in [1.29, 1.82) is 0 Å². The van der Waals surface area contributed by atoms with Crippen LogP contribution in [0, 0.1) is 20.8 Å². The SMILES string of the molecule is Cc1cc(C)c(NC(=O)CN(C)C(=O)COCc2nc3ccccc3s2)c(C)c1. The van der Waals surface area contributed by atoms with Gasteiger partial charge in [0.2, 0.25) is 11.8 Å². The van der Waals surface area contributed by atoms with Crippen LogP contribution in [0.5, 0.6) is 0 Å².